The van der Waals surface area contributed by atoms with E-state index in [1.54, 1.807) is 6.20 Å². The van der Waals surface area contributed by atoms with Crippen molar-refractivity contribution in [3.8, 4) is 0 Å². The number of nitrogens with one attached hydrogen (secondary N) is 1. The van der Waals surface area contributed by atoms with Gasteiger partial charge in [0.05, 0.1) is 0 Å². The summed E-state index contributed by atoms with van der Waals surface area (Å²) in [6, 6.07) is 3.90. The first-order valence-corrected chi connectivity index (χ1v) is 4.41. The third-order valence-electron chi connectivity index (χ3n) is 1.89. The zero-order valence-electron chi connectivity index (χ0n) is 8.12. The van der Waals surface area contributed by atoms with E-state index in [9.17, 15) is 0 Å². The minimum absolute atomic E-state index is 0.695. The fourth-order valence-corrected chi connectivity index (χ4v) is 1.20. The average Bonchev–Trinajstić information content (AvgIpc) is 2.18. The molecule has 0 radical (unpaired) electrons. The highest BCUT2D eigenvalue weighted by atomic mass is 15.2. The van der Waals surface area contributed by atoms with Crippen LogP contribution in [0.4, 0.5) is 11.5 Å². The Morgan fingerprint density at radius 3 is 3.00 bits per heavy atom. The van der Waals surface area contributed by atoms with Crippen LogP contribution < -0.4 is 16.2 Å². The second kappa shape index (κ2) is 4.67. The number of hydrogen-bond donors (Lipinski definition) is 2. The first-order valence-electron chi connectivity index (χ1n) is 4.41. The summed E-state index contributed by atoms with van der Waals surface area (Å²) in [6.45, 7) is 3.19. The molecule has 0 aromatic carbocycles. The molecule has 0 aliphatic heterocycles. The van der Waals surface area contributed by atoms with Crippen LogP contribution in [0.3, 0.4) is 0 Å². The molecule has 0 saturated heterocycles. The van der Waals surface area contributed by atoms with Gasteiger partial charge in [-0.3, -0.25) is 0 Å². The largest absolute Gasteiger partial charge is 0.374 e. The summed E-state index contributed by atoms with van der Waals surface area (Å²) in [5.74, 6) is 5.96. The normalized spacial score (nSPS) is 9.77. The van der Waals surface area contributed by atoms with Crippen LogP contribution in [0.5, 0.6) is 0 Å². The zero-order valence-corrected chi connectivity index (χ0v) is 8.12. The van der Waals surface area contributed by atoms with Gasteiger partial charge in [-0.25, -0.2) is 10.8 Å². The monoisotopic (exact) mass is 180 g/mol. The Balaban J connectivity index is 2.75. The molecule has 1 heterocycles. The number of anilines is 2. The topological polar surface area (TPSA) is 54.2 Å². The highest BCUT2D eigenvalue weighted by molar-refractivity contribution is 5.52. The van der Waals surface area contributed by atoms with Gasteiger partial charge in [-0.2, -0.15) is 0 Å². The lowest BCUT2D eigenvalue weighted by Gasteiger charge is -2.18. The van der Waals surface area contributed by atoms with Crippen molar-refractivity contribution < 1.29 is 0 Å². The van der Waals surface area contributed by atoms with Crippen molar-refractivity contribution in [2.45, 2.75) is 13.3 Å². The maximum atomic E-state index is 5.26. The summed E-state index contributed by atoms with van der Waals surface area (Å²) < 4.78 is 0. The second-order valence-electron chi connectivity index (χ2n) is 2.97. The molecule has 1 aromatic heterocycles. The molecular formula is C9H16N4. The highest BCUT2D eigenvalue weighted by Gasteiger charge is 1.99. The summed E-state index contributed by atoms with van der Waals surface area (Å²) in [5.41, 5.74) is 3.66. The van der Waals surface area contributed by atoms with Crippen molar-refractivity contribution >= 4 is 11.5 Å². The highest BCUT2D eigenvalue weighted by Crippen LogP contribution is 2.14. The van der Waals surface area contributed by atoms with Crippen LogP contribution in [-0.4, -0.2) is 18.6 Å². The Kier molecular flexibility index (Phi) is 3.52. The van der Waals surface area contributed by atoms with Gasteiger partial charge in [0.15, 0.2) is 0 Å². The molecule has 0 amide bonds. The Labute approximate surface area is 78.7 Å². The summed E-state index contributed by atoms with van der Waals surface area (Å²) >= 11 is 0. The molecule has 0 aliphatic carbocycles. The number of aromatic nitrogens is 1. The SMILES string of the molecule is CCCN(C)c1ccnc(NN)c1. The van der Waals surface area contributed by atoms with E-state index < -0.39 is 0 Å². The number of pyridine rings is 1. The van der Waals surface area contributed by atoms with Crippen LogP contribution >= 0.6 is 0 Å². The second-order valence-corrected chi connectivity index (χ2v) is 2.97. The molecular weight excluding hydrogens is 164 g/mol. The molecule has 3 N–H and O–H groups in total. The molecule has 0 atom stereocenters. The fraction of sp³-hybridized carbons (Fsp3) is 0.444. The molecule has 13 heavy (non-hydrogen) atoms. The number of nitrogens with zero attached hydrogens (tertiary/aromatic N) is 2. The van der Waals surface area contributed by atoms with Gasteiger partial charge >= 0.3 is 0 Å². The van der Waals surface area contributed by atoms with E-state index in [2.05, 4.69) is 29.3 Å². The standard InChI is InChI=1S/C9H16N4/c1-3-6-13(2)8-4-5-11-9(7-8)12-10/h4-5,7H,3,6,10H2,1-2H3,(H,11,12). The van der Waals surface area contributed by atoms with E-state index in [0.29, 0.717) is 5.82 Å². The van der Waals surface area contributed by atoms with E-state index in [0.717, 1.165) is 18.7 Å². The quantitative estimate of drug-likeness (QED) is 0.540. The molecule has 0 unspecified atom stereocenters. The van der Waals surface area contributed by atoms with E-state index in [1.807, 2.05) is 12.1 Å². The molecule has 0 fully saturated rings. The van der Waals surface area contributed by atoms with Gasteiger partial charge in [0, 0.05) is 31.5 Å². The number of hydrazine groups is 1. The number of nitrogens with two attached hydrogens (primary N) is 1. The molecule has 1 rings (SSSR count). The van der Waals surface area contributed by atoms with Crippen LogP contribution in [0.25, 0.3) is 0 Å². The van der Waals surface area contributed by atoms with Crippen LogP contribution in [0.15, 0.2) is 18.3 Å². The van der Waals surface area contributed by atoms with E-state index >= 15 is 0 Å². The minimum atomic E-state index is 0.695. The number of hydrogen-bond acceptors (Lipinski definition) is 4. The zero-order chi connectivity index (χ0) is 9.68. The van der Waals surface area contributed by atoms with Gasteiger partial charge in [0.1, 0.15) is 5.82 Å². The predicted molar refractivity (Wildman–Crippen MR) is 55.6 cm³/mol. The van der Waals surface area contributed by atoms with Crippen LogP contribution in [0, 0.1) is 0 Å². The number of rotatable bonds is 4. The smallest absolute Gasteiger partial charge is 0.141 e. The molecule has 4 heteroatoms. The summed E-state index contributed by atoms with van der Waals surface area (Å²) in [7, 11) is 2.05. The van der Waals surface area contributed by atoms with Gasteiger partial charge < -0.3 is 10.3 Å². The summed E-state index contributed by atoms with van der Waals surface area (Å²) in [5, 5.41) is 0. The third kappa shape index (κ3) is 2.59. The van der Waals surface area contributed by atoms with Crippen molar-refractivity contribution in [1.29, 1.82) is 0 Å². The Morgan fingerprint density at radius 1 is 1.62 bits per heavy atom. The molecule has 1 aromatic rings. The molecule has 72 valence electrons. The third-order valence-corrected chi connectivity index (χ3v) is 1.89. The van der Waals surface area contributed by atoms with Gasteiger partial charge in [-0.05, 0) is 12.5 Å². The van der Waals surface area contributed by atoms with Crippen molar-refractivity contribution in [1.82, 2.24) is 4.98 Å². The first kappa shape index (κ1) is 9.80. The first-order chi connectivity index (χ1) is 6.27. The minimum Gasteiger partial charge on any atom is -0.374 e. The van der Waals surface area contributed by atoms with Gasteiger partial charge in [0.2, 0.25) is 0 Å². The molecule has 0 bridgehead atoms. The maximum absolute atomic E-state index is 5.26. The molecule has 0 aliphatic rings. The predicted octanol–water partition coefficient (Wildman–Crippen LogP) is 1.21. The number of nitrogen functional groups attached to an aromatic ring is 1. The summed E-state index contributed by atoms with van der Waals surface area (Å²) in [6.07, 6.45) is 2.88. The summed E-state index contributed by atoms with van der Waals surface area (Å²) in [4.78, 5) is 6.21. The lowest BCUT2D eigenvalue weighted by Crippen LogP contribution is -2.18. The maximum Gasteiger partial charge on any atom is 0.141 e. The van der Waals surface area contributed by atoms with E-state index in [4.69, 9.17) is 5.84 Å². The van der Waals surface area contributed by atoms with Crippen LogP contribution in [-0.2, 0) is 0 Å². The Morgan fingerprint density at radius 2 is 2.38 bits per heavy atom. The van der Waals surface area contributed by atoms with Gasteiger partial charge in [-0.15, -0.1) is 0 Å². The fourth-order valence-electron chi connectivity index (χ4n) is 1.20. The van der Waals surface area contributed by atoms with Crippen LogP contribution in [0.1, 0.15) is 13.3 Å². The Bertz CT molecular complexity index is 262. The molecule has 0 spiro atoms. The van der Waals surface area contributed by atoms with Crippen LogP contribution in [0.2, 0.25) is 0 Å². The van der Waals surface area contributed by atoms with E-state index in [-0.39, 0.29) is 0 Å². The van der Waals surface area contributed by atoms with Crippen molar-refractivity contribution in [2.75, 3.05) is 23.9 Å². The average molecular weight is 180 g/mol. The van der Waals surface area contributed by atoms with Gasteiger partial charge in [0.25, 0.3) is 0 Å². The van der Waals surface area contributed by atoms with Gasteiger partial charge in [-0.1, -0.05) is 6.92 Å². The molecule has 4 nitrogen and oxygen atoms in total. The van der Waals surface area contributed by atoms with E-state index in [1.165, 1.54) is 0 Å². The lowest BCUT2D eigenvalue weighted by atomic mass is 10.3. The molecule has 0 saturated carbocycles. The van der Waals surface area contributed by atoms with Crippen molar-refractivity contribution in [3.05, 3.63) is 18.3 Å². The Hall–Kier alpha value is -1.29. The lowest BCUT2D eigenvalue weighted by molar-refractivity contribution is 0.851. The van der Waals surface area contributed by atoms with Crippen molar-refractivity contribution in [3.63, 3.8) is 0 Å². The van der Waals surface area contributed by atoms with Crippen molar-refractivity contribution in [2.24, 2.45) is 5.84 Å².